The number of rotatable bonds is 7. The van der Waals surface area contributed by atoms with Crippen molar-refractivity contribution in [1.82, 2.24) is 4.98 Å². The minimum absolute atomic E-state index is 0.188. The van der Waals surface area contributed by atoms with Crippen molar-refractivity contribution in [1.29, 1.82) is 0 Å². The molecule has 6 heteroatoms. The average molecular weight is 255 g/mol. The average Bonchev–Trinajstić information content (AvgIpc) is 2.36. The second-order valence-corrected chi connectivity index (χ2v) is 4.45. The molecule has 18 heavy (non-hydrogen) atoms. The van der Waals surface area contributed by atoms with Gasteiger partial charge in [-0.25, -0.2) is 0 Å². The summed E-state index contributed by atoms with van der Waals surface area (Å²) in [5.74, 6) is 0.925. The maximum absolute atomic E-state index is 9.65. The number of hydrogen-bond donors (Lipinski definition) is 4. The van der Waals surface area contributed by atoms with Crippen molar-refractivity contribution in [3.63, 3.8) is 0 Å². The van der Waals surface area contributed by atoms with Crippen LogP contribution in [0, 0.1) is 0 Å². The smallest absolute Gasteiger partial charge is 0.239 e. The second kappa shape index (κ2) is 6.42. The Morgan fingerprint density at radius 3 is 2.83 bits per heavy atom. The highest BCUT2D eigenvalue weighted by Gasteiger charge is 2.18. The van der Waals surface area contributed by atoms with Crippen molar-refractivity contribution in [2.24, 2.45) is 0 Å². The van der Waals surface area contributed by atoms with Crippen molar-refractivity contribution in [2.75, 3.05) is 30.8 Å². The van der Waals surface area contributed by atoms with E-state index < -0.39 is 5.60 Å². The Morgan fingerprint density at radius 2 is 2.22 bits per heavy atom. The van der Waals surface area contributed by atoms with Gasteiger partial charge in [-0.2, -0.15) is 4.98 Å². The van der Waals surface area contributed by atoms with Crippen LogP contribution in [0.1, 0.15) is 20.3 Å². The lowest BCUT2D eigenvalue weighted by Gasteiger charge is -2.21. The van der Waals surface area contributed by atoms with Crippen molar-refractivity contribution < 1.29 is 14.9 Å². The van der Waals surface area contributed by atoms with Gasteiger partial charge in [-0.05, 0) is 25.5 Å². The molecule has 0 aliphatic rings. The lowest BCUT2D eigenvalue weighted by molar-refractivity contribution is 0.0131. The van der Waals surface area contributed by atoms with E-state index in [2.05, 4.69) is 10.3 Å². The van der Waals surface area contributed by atoms with Crippen LogP contribution in [0.2, 0.25) is 0 Å². The first-order valence-corrected chi connectivity index (χ1v) is 5.95. The van der Waals surface area contributed by atoms with Crippen molar-refractivity contribution >= 4 is 11.5 Å². The zero-order chi connectivity index (χ0) is 13.6. The van der Waals surface area contributed by atoms with E-state index in [1.165, 1.54) is 6.92 Å². The Labute approximate surface area is 107 Å². The van der Waals surface area contributed by atoms with Crippen LogP contribution < -0.4 is 15.8 Å². The molecule has 0 bridgehead atoms. The van der Waals surface area contributed by atoms with Crippen LogP contribution in [-0.4, -0.2) is 40.6 Å². The van der Waals surface area contributed by atoms with Crippen LogP contribution in [0.3, 0.4) is 0 Å². The highest BCUT2D eigenvalue weighted by Crippen LogP contribution is 2.21. The summed E-state index contributed by atoms with van der Waals surface area (Å²) in [6.07, 6.45) is 0.873. The number of nitrogen functional groups attached to an aromatic ring is 1. The number of pyridine rings is 1. The molecule has 102 valence electrons. The summed E-state index contributed by atoms with van der Waals surface area (Å²) in [4.78, 5) is 4.20. The van der Waals surface area contributed by atoms with E-state index >= 15 is 0 Å². The molecule has 0 aliphatic heterocycles. The Morgan fingerprint density at radius 1 is 1.50 bits per heavy atom. The fourth-order valence-corrected chi connectivity index (χ4v) is 1.20. The van der Waals surface area contributed by atoms with E-state index in [9.17, 15) is 5.11 Å². The molecule has 0 saturated heterocycles. The molecule has 1 rings (SSSR count). The monoisotopic (exact) mass is 255 g/mol. The van der Waals surface area contributed by atoms with Gasteiger partial charge in [0.1, 0.15) is 11.4 Å². The van der Waals surface area contributed by atoms with Crippen LogP contribution >= 0.6 is 0 Å². The zero-order valence-corrected chi connectivity index (χ0v) is 10.8. The SMILES string of the molecule is CCCOc1nc(NCC(C)(O)CO)ccc1N. The Kier molecular flexibility index (Phi) is 5.18. The van der Waals surface area contributed by atoms with Gasteiger partial charge in [-0.1, -0.05) is 6.92 Å². The molecule has 0 radical (unpaired) electrons. The minimum atomic E-state index is -1.19. The molecular formula is C12H21N3O3. The quantitative estimate of drug-likeness (QED) is 0.569. The van der Waals surface area contributed by atoms with Gasteiger partial charge in [0.2, 0.25) is 5.88 Å². The number of ether oxygens (including phenoxy) is 1. The van der Waals surface area contributed by atoms with Crippen LogP contribution in [-0.2, 0) is 0 Å². The zero-order valence-electron chi connectivity index (χ0n) is 10.8. The fraction of sp³-hybridized carbons (Fsp3) is 0.583. The van der Waals surface area contributed by atoms with E-state index in [4.69, 9.17) is 15.6 Å². The predicted molar refractivity (Wildman–Crippen MR) is 70.6 cm³/mol. The number of anilines is 2. The van der Waals surface area contributed by atoms with Gasteiger partial charge in [0, 0.05) is 6.54 Å². The van der Waals surface area contributed by atoms with Crippen LogP contribution in [0.4, 0.5) is 11.5 Å². The molecule has 5 N–H and O–H groups in total. The summed E-state index contributed by atoms with van der Waals surface area (Å²) in [6.45, 7) is 3.94. The maximum atomic E-state index is 9.65. The van der Waals surface area contributed by atoms with Crippen molar-refractivity contribution in [2.45, 2.75) is 25.9 Å². The van der Waals surface area contributed by atoms with Gasteiger partial charge in [0.15, 0.2) is 0 Å². The molecule has 0 spiro atoms. The minimum Gasteiger partial charge on any atom is -0.476 e. The normalized spacial score (nSPS) is 14.0. The van der Waals surface area contributed by atoms with E-state index in [-0.39, 0.29) is 13.2 Å². The molecule has 0 amide bonds. The Bertz CT molecular complexity index is 383. The van der Waals surface area contributed by atoms with E-state index in [0.29, 0.717) is 24.0 Å². The van der Waals surface area contributed by atoms with Crippen LogP contribution in [0.15, 0.2) is 12.1 Å². The molecule has 0 fully saturated rings. The summed E-state index contributed by atoms with van der Waals surface area (Å²) in [6, 6.07) is 3.38. The number of aliphatic hydroxyl groups is 2. The molecule has 0 aliphatic carbocycles. The standard InChI is InChI=1S/C12H21N3O3/c1-3-6-18-11-9(13)4-5-10(15-11)14-7-12(2,17)8-16/h4-5,16-17H,3,6-8,13H2,1-2H3,(H,14,15). The third kappa shape index (κ3) is 4.38. The lowest BCUT2D eigenvalue weighted by Crippen LogP contribution is -2.37. The number of nitrogens with zero attached hydrogens (tertiary/aromatic N) is 1. The van der Waals surface area contributed by atoms with Gasteiger partial charge >= 0.3 is 0 Å². The summed E-state index contributed by atoms with van der Waals surface area (Å²) < 4.78 is 5.40. The third-order valence-corrected chi connectivity index (χ3v) is 2.32. The molecule has 0 saturated carbocycles. The Hall–Kier alpha value is -1.53. The van der Waals surface area contributed by atoms with E-state index in [0.717, 1.165) is 6.42 Å². The van der Waals surface area contributed by atoms with Crippen molar-refractivity contribution in [3.8, 4) is 5.88 Å². The first-order valence-electron chi connectivity index (χ1n) is 5.95. The highest BCUT2D eigenvalue weighted by atomic mass is 16.5. The van der Waals surface area contributed by atoms with E-state index in [1.807, 2.05) is 6.92 Å². The molecule has 1 atom stereocenters. The predicted octanol–water partition coefficient (Wildman–Crippen LogP) is 0.608. The van der Waals surface area contributed by atoms with Gasteiger partial charge in [0.05, 0.1) is 18.9 Å². The maximum Gasteiger partial charge on any atom is 0.239 e. The topological polar surface area (TPSA) is 101 Å². The number of nitrogens with one attached hydrogen (secondary N) is 1. The van der Waals surface area contributed by atoms with Gasteiger partial charge in [0.25, 0.3) is 0 Å². The summed E-state index contributed by atoms with van der Waals surface area (Å²) in [7, 11) is 0. The molecule has 6 nitrogen and oxygen atoms in total. The molecule has 1 unspecified atom stereocenters. The van der Waals surface area contributed by atoms with Gasteiger partial charge in [-0.3, -0.25) is 0 Å². The molecular weight excluding hydrogens is 234 g/mol. The Balaban J connectivity index is 2.67. The first-order chi connectivity index (χ1) is 8.48. The first kappa shape index (κ1) is 14.5. The second-order valence-electron chi connectivity index (χ2n) is 4.45. The highest BCUT2D eigenvalue weighted by molar-refractivity contribution is 5.53. The summed E-state index contributed by atoms with van der Waals surface area (Å²) in [5.41, 5.74) is 5.02. The molecule has 1 aromatic heterocycles. The number of aromatic nitrogens is 1. The molecule has 1 aromatic rings. The lowest BCUT2D eigenvalue weighted by atomic mass is 10.1. The van der Waals surface area contributed by atoms with Gasteiger partial charge in [-0.15, -0.1) is 0 Å². The third-order valence-electron chi connectivity index (χ3n) is 2.32. The summed E-state index contributed by atoms with van der Waals surface area (Å²) >= 11 is 0. The number of nitrogens with two attached hydrogens (primary N) is 1. The largest absolute Gasteiger partial charge is 0.476 e. The van der Waals surface area contributed by atoms with Crippen LogP contribution in [0.25, 0.3) is 0 Å². The molecule has 0 aromatic carbocycles. The van der Waals surface area contributed by atoms with E-state index in [1.54, 1.807) is 12.1 Å². The molecule has 1 heterocycles. The fourth-order valence-electron chi connectivity index (χ4n) is 1.20. The van der Waals surface area contributed by atoms with Crippen molar-refractivity contribution in [3.05, 3.63) is 12.1 Å². The van der Waals surface area contributed by atoms with Crippen LogP contribution in [0.5, 0.6) is 5.88 Å². The number of hydrogen-bond acceptors (Lipinski definition) is 6. The van der Waals surface area contributed by atoms with Gasteiger partial charge < -0.3 is 26.0 Å². The summed E-state index contributed by atoms with van der Waals surface area (Å²) in [5, 5.41) is 21.5. The number of aliphatic hydroxyl groups excluding tert-OH is 1.